The first-order valence-electron chi connectivity index (χ1n) is 8.78. The fraction of sp³-hybridized carbons (Fsp3) is 0.684. The summed E-state index contributed by atoms with van der Waals surface area (Å²) in [7, 11) is 1.90. The normalized spacial score (nSPS) is 33.7. The van der Waals surface area contributed by atoms with Gasteiger partial charge in [0, 0.05) is 45.2 Å². The van der Waals surface area contributed by atoms with Crippen LogP contribution < -0.4 is 5.32 Å². The van der Waals surface area contributed by atoms with Gasteiger partial charge in [0.15, 0.2) is 0 Å². The minimum Gasteiger partial charge on any atom is -0.378 e. The van der Waals surface area contributed by atoms with E-state index in [0.717, 1.165) is 25.6 Å². The van der Waals surface area contributed by atoms with Crippen LogP contribution >= 0.6 is 0 Å². The lowest BCUT2D eigenvalue weighted by Crippen LogP contribution is -2.56. The van der Waals surface area contributed by atoms with Crippen LogP contribution in [0.25, 0.3) is 0 Å². The minimum absolute atomic E-state index is 0.0507. The van der Waals surface area contributed by atoms with E-state index in [1.165, 1.54) is 37.8 Å². The van der Waals surface area contributed by atoms with E-state index in [4.69, 9.17) is 4.74 Å². The number of rotatable bonds is 4. The summed E-state index contributed by atoms with van der Waals surface area (Å²) in [6.07, 6.45) is 5.95. The Labute approximate surface area is 135 Å². The second-order valence-corrected chi connectivity index (χ2v) is 7.07. The molecule has 1 saturated heterocycles. The highest BCUT2D eigenvalue weighted by Crippen LogP contribution is 2.36. The standard InChI is InChI=1S/C19H30N2O/c1-16-15-20-12-13-21(16)18-8-10-19(22-2,11-9-18)14-17-6-4-3-5-7-17/h3-7,16,18,20H,8-15H2,1-2H3. The van der Waals surface area contributed by atoms with Gasteiger partial charge in [0.05, 0.1) is 5.60 Å². The smallest absolute Gasteiger partial charge is 0.0720 e. The predicted octanol–water partition coefficient (Wildman–Crippen LogP) is 2.85. The Morgan fingerprint density at radius 1 is 1.23 bits per heavy atom. The van der Waals surface area contributed by atoms with Crippen molar-refractivity contribution < 1.29 is 4.74 Å². The zero-order valence-corrected chi connectivity index (χ0v) is 14.1. The molecule has 3 nitrogen and oxygen atoms in total. The van der Waals surface area contributed by atoms with E-state index in [9.17, 15) is 0 Å². The largest absolute Gasteiger partial charge is 0.378 e. The molecule has 1 saturated carbocycles. The first kappa shape index (κ1) is 16.0. The Kier molecular flexibility index (Phi) is 5.17. The van der Waals surface area contributed by atoms with Crippen molar-refractivity contribution in [2.24, 2.45) is 0 Å². The average molecular weight is 302 g/mol. The van der Waals surface area contributed by atoms with Crippen LogP contribution in [0.5, 0.6) is 0 Å². The van der Waals surface area contributed by atoms with Crippen LogP contribution in [0, 0.1) is 0 Å². The van der Waals surface area contributed by atoms with Gasteiger partial charge in [0.25, 0.3) is 0 Å². The fourth-order valence-electron chi connectivity index (χ4n) is 4.28. The van der Waals surface area contributed by atoms with Crippen LogP contribution in [-0.2, 0) is 11.2 Å². The Morgan fingerprint density at radius 2 is 1.95 bits per heavy atom. The van der Waals surface area contributed by atoms with Gasteiger partial charge in [-0.15, -0.1) is 0 Å². The zero-order valence-electron chi connectivity index (χ0n) is 14.1. The molecular formula is C19H30N2O. The summed E-state index contributed by atoms with van der Waals surface area (Å²) < 4.78 is 6.01. The second kappa shape index (κ2) is 7.12. The number of methoxy groups -OCH3 is 1. The highest BCUT2D eigenvalue weighted by Gasteiger charge is 2.38. The van der Waals surface area contributed by atoms with Gasteiger partial charge in [0.1, 0.15) is 0 Å². The zero-order chi connectivity index (χ0) is 15.4. The van der Waals surface area contributed by atoms with Crippen molar-refractivity contribution in [2.75, 3.05) is 26.7 Å². The summed E-state index contributed by atoms with van der Waals surface area (Å²) >= 11 is 0. The second-order valence-electron chi connectivity index (χ2n) is 7.07. The van der Waals surface area contributed by atoms with Gasteiger partial charge < -0.3 is 10.1 Å². The van der Waals surface area contributed by atoms with Crippen LogP contribution in [0.2, 0.25) is 0 Å². The first-order chi connectivity index (χ1) is 10.7. The van der Waals surface area contributed by atoms with Crippen LogP contribution in [-0.4, -0.2) is 49.3 Å². The maximum atomic E-state index is 6.01. The molecule has 1 atom stereocenters. The van der Waals surface area contributed by atoms with Crippen LogP contribution in [0.3, 0.4) is 0 Å². The summed E-state index contributed by atoms with van der Waals surface area (Å²) in [5.74, 6) is 0. The van der Waals surface area contributed by atoms with Gasteiger partial charge in [-0.25, -0.2) is 0 Å². The monoisotopic (exact) mass is 302 g/mol. The summed E-state index contributed by atoms with van der Waals surface area (Å²) in [6, 6.07) is 12.2. The lowest BCUT2D eigenvalue weighted by Gasteiger charge is -2.46. The molecule has 0 amide bonds. The van der Waals surface area contributed by atoms with E-state index < -0.39 is 0 Å². The number of hydrogen-bond donors (Lipinski definition) is 1. The van der Waals surface area contributed by atoms with Crippen LogP contribution in [0.4, 0.5) is 0 Å². The molecule has 0 radical (unpaired) electrons. The molecule has 1 heterocycles. The minimum atomic E-state index is 0.0507. The maximum absolute atomic E-state index is 6.01. The first-order valence-corrected chi connectivity index (χ1v) is 8.78. The molecule has 1 aliphatic carbocycles. The lowest BCUT2D eigenvalue weighted by atomic mass is 9.77. The molecule has 1 aromatic rings. The lowest BCUT2D eigenvalue weighted by molar-refractivity contribution is -0.0602. The number of hydrogen-bond acceptors (Lipinski definition) is 3. The maximum Gasteiger partial charge on any atom is 0.0720 e. The molecule has 2 aliphatic rings. The third kappa shape index (κ3) is 3.53. The SMILES string of the molecule is COC1(Cc2ccccc2)CCC(N2CCNCC2C)CC1. The van der Waals surface area contributed by atoms with Gasteiger partial charge in [-0.05, 0) is 38.2 Å². The van der Waals surface area contributed by atoms with Crippen molar-refractivity contribution in [1.82, 2.24) is 10.2 Å². The third-order valence-electron chi connectivity index (χ3n) is 5.69. The number of ether oxygens (including phenoxy) is 1. The molecule has 1 aliphatic heterocycles. The molecule has 1 unspecified atom stereocenters. The number of nitrogens with one attached hydrogen (secondary N) is 1. The molecule has 122 valence electrons. The summed E-state index contributed by atoms with van der Waals surface area (Å²) in [5, 5.41) is 3.50. The molecule has 1 N–H and O–H groups in total. The highest BCUT2D eigenvalue weighted by atomic mass is 16.5. The Balaban J connectivity index is 1.61. The van der Waals surface area contributed by atoms with Crippen molar-refractivity contribution in [3.05, 3.63) is 35.9 Å². The van der Waals surface area contributed by atoms with Crippen molar-refractivity contribution >= 4 is 0 Å². The molecule has 3 rings (SSSR count). The van der Waals surface area contributed by atoms with Gasteiger partial charge >= 0.3 is 0 Å². The molecule has 0 aromatic heterocycles. The van der Waals surface area contributed by atoms with Gasteiger partial charge in [0.2, 0.25) is 0 Å². The van der Waals surface area contributed by atoms with Crippen LogP contribution in [0.15, 0.2) is 30.3 Å². The van der Waals surface area contributed by atoms with E-state index in [2.05, 4.69) is 47.5 Å². The van der Waals surface area contributed by atoms with E-state index in [0.29, 0.717) is 6.04 Å². The number of benzene rings is 1. The van der Waals surface area contributed by atoms with E-state index in [-0.39, 0.29) is 5.60 Å². The third-order valence-corrected chi connectivity index (χ3v) is 5.69. The number of piperazine rings is 1. The molecule has 1 aromatic carbocycles. The summed E-state index contributed by atoms with van der Waals surface area (Å²) in [5.41, 5.74) is 1.45. The van der Waals surface area contributed by atoms with Crippen molar-refractivity contribution in [1.29, 1.82) is 0 Å². The molecule has 22 heavy (non-hydrogen) atoms. The average Bonchev–Trinajstić information content (AvgIpc) is 2.57. The predicted molar refractivity (Wildman–Crippen MR) is 91.2 cm³/mol. The van der Waals surface area contributed by atoms with Crippen molar-refractivity contribution in [3.8, 4) is 0 Å². The highest BCUT2D eigenvalue weighted by molar-refractivity contribution is 5.17. The summed E-state index contributed by atoms with van der Waals surface area (Å²) in [6.45, 7) is 5.83. The van der Waals surface area contributed by atoms with Gasteiger partial charge in [-0.1, -0.05) is 30.3 Å². The van der Waals surface area contributed by atoms with E-state index >= 15 is 0 Å². The molecule has 0 spiro atoms. The Hall–Kier alpha value is -0.900. The van der Waals surface area contributed by atoms with Crippen LogP contribution in [0.1, 0.15) is 38.2 Å². The quantitative estimate of drug-likeness (QED) is 0.925. The molecular weight excluding hydrogens is 272 g/mol. The Morgan fingerprint density at radius 3 is 2.59 bits per heavy atom. The molecule has 2 fully saturated rings. The fourth-order valence-corrected chi connectivity index (χ4v) is 4.28. The Bertz CT molecular complexity index is 454. The van der Waals surface area contributed by atoms with Gasteiger partial charge in [-0.3, -0.25) is 4.90 Å². The topological polar surface area (TPSA) is 24.5 Å². The van der Waals surface area contributed by atoms with Crippen molar-refractivity contribution in [2.45, 2.75) is 56.7 Å². The van der Waals surface area contributed by atoms with Gasteiger partial charge in [-0.2, -0.15) is 0 Å². The van der Waals surface area contributed by atoms with E-state index in [1.54, 1.807) is 0 Å². The summed E-state index contributed by atoms with van der Waals surface area (Å²) in [4.78, 5) is 2.72. The number of nitrogens with zero attached hydrogens (tertiary/aromatic N) is 1. The molecule has 0 bridgehead atoms. The molecule has 3 heteroatoms. The van der Waals surface area contributed by atoms with E-state index in [1.807, 2.05) is 7.11 Å². The van der Waals surface area contributed by atoms with Crippen molar-refractivity contribution in [3.63, 3.8) is 0 Å².